The highest BCUT2D eigenvalue weighted by molar-refractivity contribution is 6.12. The van der Waals surface area contributed by atoms with Gasteiger partial charge in [-0.15, -0.1) is 0 Å². The summed E-state index contributed by atoms with van der Waals surface area (Å²) in [4.78, 5) is 10.3. The van der Waals surface area contributed by atoms with E-state index in [1.165, 1.54) is 141 Å². The Kier molecular flexibility index (Phi) is 9.70. The first-order chi connectivity index (χ1) is 33.2. The van der Waals surface area contributed by atoms with Crippen molar-refractivity contribution in [3.05, 3.63) is 217 Å². The Balaban J connectivity index is 0.917. The van der Waals surface area contributed by atoms with Gasteiger partial charge in [0.25, 0.3) is 0 Å². The van der Waals surface area contributed by atoms with Crippen molar-refractivity contribution < 1.29 is 0 Å². The summed E-state index contributed by atoms with van der Waals surface area (Å²) in [5.74, 6) is 0.719. The van der Waals surface area contributed by atoms with Crippen molar-refractivity contribution >= 4 is 27.4 Å². The largest absolute Gasteiger partial charge is 0.309 e. The molecule has 8 aromatic carbocycles. The van der Waals surface area contributed by atoms with Gasteiger partial charge in [0, 0.05) is 38.6 Å². The molecule has 13 rings (SSSR count). The van der Waals surface area contributed by atoms with Crippen LogP contribution in [0, 0.1) is 0 Å². The molecule has 0 aliphatic heterocycles. The number of allylic oxidation sites excluding steroid dienone is 2. The summed E-state index contributed by atoms with van der Waals surface area (Å²) in [7, 11) is 0. The van der Waals surface area contributed by atoms with Crippen molar-refractivity contribution in [3.8, 4) is 73.0 Å². The summed E-state index contributed by atoms with van der Waals surface area (Å²) in [5, 5.41) is 2.63. The van der Waals surface area contributed by atoms with Gasteiger partial charge in [-0.1, -0.05) is 177 Å². The molecule has 0 radical (unpaired) electrons. The van der Waals surface area contributed by atoms with Gasteiger partial charge in [-0.05, 0) is 137 Å². The zero-order chi connectivity index (χ0) is 44.3. The highest BCUT2D eigenvalue weighted by atomic mass is 15.0. The molecule has 3 heteroatoms. The predicted octanol–water partition coefficient (Wildman–Crippen LogP) is 17.1. The first-order valence-electron chi connectivity index (χ1n) is 24.4. The third-order valence-electron chi connectivity index (χ3n) is 15.2. The number of rotatable bonds is 7. The second-order valence-corrected chi connectivity index (χ2v) is 19.0. The predicted molar refractivity (Wildman–Crippen MR) is 279 cm³/mol. The molecule has 0 amide bonds. The number of aromatic nitrogens is 3. The maximum Gasteiger partial charge on any atom is 0.160 e. The number of hydrogen-bond acceptors (Lipinski definition) is 2. The van der Waals surface area contributed by atoms with Gasteiger partial charge in [-0.25, -0.2) is 9.97 Å². The van der Waals surface area contributed by atoms with Gasteiger partial charge in [0.1, 0.15) is 0 Å². The summed E-state index contributed by atoms with van der Waals surface area (Å²) in [5.41, 5.74) is 22.3. The number of benzene rings is 8. The van der Waals surface area contributed by atoms with E-state index in [9.17, 15) is 0 Å². The maximum absolute atomic E-state index is 5.17. The van der Waals surface area contributed by atoms with Crippen molar-refractivity contribution in [1.29, 1.82) is 0 Å². The average Bonchev–Trinajstić information content (AvgIpc) is 3.87. The fraction of sp³-hybridized carbons (Fsp3) is 0.156. The van der Waals surface area contributed by atoms with Gasteiger partial charge >= 0.3 is 0 Å². The minimum Gasteiger partial charge on any atom is -0.309 e. The SMILES string of the molecule is C1=C(c2ccc(-n3c4ccc(-c5ccc(-c6cc(-c7ccc(-c8ccccc8)cc7)nc(-c7ccccc7)n6)cc5)cc4c4cc5c(cc43)-c3ccccc3C53CCCCC3)cc2)CCCC1. The Morgan fingerprint density at radius 1 is 0.388 bits per heavy atom. The first-order valence-corrected chi connectivity index (χ1v) is 24.4. The van der Waals surface area contributed by atoms with Crippen LogP contribution in [0.15, 0.2) is 200 Å². The molecular weight excluding hydrogens is 811 g/mol. The van der Waals surface area contributed by atoms with E-state index in [1.807, 2.05) is 6.07 Å². The van der Waals surface area contributed by atoms with E-state index < -0.39 is 0 Å². The van der Waals surface area contributed by atoms with Crippen LogP contribution in [0.1, 0.15) is 74.5 Å². The maximum atomic E-state index is 5.17. The number of hydrogen-bond donors (Lipinski definition) is 0. The third kappa shape index (κ3) is 6.87. The third-order valence-corrected chi connectivity index (χ3v) is 15.2. The monoisotopic (exact) mass is 861 g/mol. The Labute approximate surface area is 393 Å². The van der Waals surface area contributed by atoms with Crippen LogP contribution in [0.3, 0.4) is 0 Å². The molecule has 0 unspecified atom stereocenters. The smallest absolute Gasteiger partial charge is 0.160 e. The lowest BCUT2D eigenvalue weighted by Gasteiger charge is -2.36. The van der Waals surface area contributed by atoms with Crippen molar-refractivity contribution in [1.82, 2.24) is 14.5 Å². The van der Waals surface area contributed by atoms with Gasteiger partial charge in [-0.2, -0.15) is 0 Å². The topological polar surface area (TPSA) is 30.7 Å². The van der Waals surface area contributed by atoms with E-state index >= 15 is 0 Å². The minimum atomic E-state index is 0.0858. The minimum absolute atomic E-state index is 0.0858. The molecule has 67 heavy (non-hydrogen) atoms. The lowest BCUT2D eigenvalue weighted by Crippen LogP contribution is -2.27. The van der Waals surface area contributed by atoms with Crippen LogP contribution in [0.2, 0.25) is 0 Å². The van der Waals surface area contributed by atoms with Crippen LogP contribution in [0.4, 0.5) is 0 Å². The number of nitrogens with zero attached hydrogens (tertiary/aromatic N) is 3. The van der Waals surface area contributed by atoms with Gasteiger partial charge in [-0.3, -0.25) is 0 Å². The van der Waals surface area contributed by atoms with E-state index in [-0.39, 0.29) is 5.41 Å². The molecule has 3 nitrogen and oxygen atoms in total. The van der Waals surface area contributed by atoms with E-state index in [0.717, 1.165) is 33.9 Å². The van der Waals surface area contributed by atoms with E-state index in [1.54, 1.807) is 0 Å². The molecule has 10 aromatic rings. The zero-order valence-electron chi connectivity index (χ0n) is 37.8. The van der Waals surface area contributed by atoms with Crippen LogP contribution in [0.5, 0.6) is 0 Å². The summed E-state index contributed by atoms with van der Waals surface area (Å²) in [6.45, 7) is 0. The lowest BCUT2D eigenvalue weighted by molar-refractivity contribution is 0.353. The molecule has 322 valence electrons. The second kappa shape index (κ2) is 16.4. The fourth-order valence-electron chi connectivity index (χ4n) is 11.8. The molecule has 2 aromatic heterocycles. The molecule has 3 aliphatic rings. The molecule has 0 bridgehead atoms. The quantitative estimate of drug-likeness (QED) is 0.160. The molecule has 0 N–H and O–H groups in total. The summed E-state index contributed by atoms with van der Waals surface area (Å²) < 4.78 is 2.53. The van der Waals surface area contributed by atoms with E-state index in [0.29, 0.717) is 0 Å². The van der Waals surface area contributed by atoms with Crippen LogP contribution in [-0.2, 0) is 5.41 Å². The van der Waals surface area contributed by atoms with Crippen LogP contribution < -0.4 is 0 Å². The van der Waals surface area contributed by atoms with Crippen molar-refractivity contribution in [2.45, 2.75) is 63.2 Å². The summed E-state index contributed by atoms with van der Waals surface area (Å²) in [6, 6.07) is 71.6. The molecule has 1 saturated carbocycles. The number of fused-ring (bicyclic) bond motifs is 8. The van der Waals surface area contributed by atoms with Crippen molar-refractivity contribution in [2.24, 2.45) is 0 Å². The van der Waals surface area contributed by atoms with Crippen molar-refractivity contribution in [3.63, 3.8) is 0 Å². The molecular formula is C64H51N3. The van der Waals surface area contributed by atoms with E-state index in [4.69, 9.17) is 9.97 Å². The molecule has 1 spiro atoms. The van der Waals surface area contributed by atoms with Gasteiger partial charge in [0.05, 0.1) is 22.4 Å². The Morgan fingerprint density at radius 2 is 0.970 bits per heavy atom. The molecule has 3 aliphatic carbocycles. The van der Waals surface area contributed by atoms with Crippen LogP contribution >= 0.6 is 0 Å². The molecule has 1 fully saturated rings. The van der Waals surface area contributed by atoms with Gasteiger partial charge < -0.3 is 4.57 Å². The first kappa shape index (κ1) is 39.7. The fourth-order valence-corrected chi connectivity index (χ4v) is 11.8. The van der Waals surface area contributed by atoms with E-state index in [2.05, 4.69) is 199 Å². The van der Waals surface area contributed by atoms with Gasteiger partial charge in [0.15, 0.2) is 5.82 Å². The highest BCUT2D eigenvalue weighted by Crippen LogP contribution is 2.57. The molecule has 2 heterocycles. The Bertz CT molecular complexity index is 3500. The normalized spacial score (nSPS) is 15.1. The second-order valence-electron chi connectivity index (χ2n) is 19.0. The van der Waals surface area contributed by atoms with Gasteiger partial charge in [0.2, 0.25) is 0 Å². The van der Waals surface area contributed by atoms with Crippen molar-refractivity contribution in [2.75, 3.05) is 0 Å². The zero-order valence-corrected chi connectivity index (χ0v) is 37.8. The Hall–Kier alpha value is -7.62. The molecule has 0 atom stereocenters. The lowest BCUT2D eigenvalue weighted by atomic mass is 9.68. The van der Waals surface area contributed by atoms with Crippen LogP contribution in [0.25, 0.3) is 100 Å². The Morgan fingerprint density at radius 3 is 1.66 bits per heavy atom. The average molecular weight is 862 g/mol. The van der Waals surface area contributed by atoms with Crippen LogP contribution in [-0.4, -0.2) is 14.5 Å². The highest BCUT2D eigenvalue weighted by Gasteiger charge is 2.44. The summed E-state index contributed by atoms with van der Waals surface area (Å²) in [6.07, 6.45) is 13.7. The molecule has 0 saturated heterocycles. The standard InChI is InChI=1S/C64H51N3/c1-5-15-43(16-6-1)45-23-27-48(28-24-45)59-42-60(66-63(65-59)50-19-9-3-10-20-50)49-29-25-47(26-30-49)51-33-36-61-55(39-51)56-40-58-54(53-21-11-12-22-57(53)64(58)37-13-4-14-38-64)41-62(56)67(61)52-34-31-46(32-35-52)44-17-7-2-8-18-44/h1,3,5-6,9-12,15-17,19-36,39-42H,2,4,7-8,13-14,18,37-38H2. The summed E-state index contributed by atoms with van der Waals surface area (Å²) >= 11 is 0.